The van der Waals surface area contributed by atoms with Crippen LogP contribution in [-0.2, 0) is 0 Å². The Morgan fingerprint density at radius 3 is 2.36 bits per heavy atom. The van der Waals surface area contributed by atoms with E-state index >= 15 is 0 Å². The van der Waals surface area contributed by atoms with Gasteiger partial charge >= 0.3 is 0 Å². The van der Waals surface area contributed by atoms with E-state index in [9.17, 15) is 0 Å². The zero-order valence-corrected chi connectivity index (χ0v) is 15.6. The molecule has 1 aliphatic heterocycles. The first-order chi connectivity index (χ1) is 13.8. The molecule has 1 aliphatic rings. The van der Waals surface area contributed by atoms with E-state index in [1.807, 2.05) is 18.2 Å². The summed E-state index contributed by atoms with van der Waals surface area (Å²) in [6.07, 6.45) is 4.21. The Hall–Kier alpha value is -3.52. The van der Waals surface area contributed by atoms with Crippen LogP contribution in [-0.4, -0.2) is 7.11 Å². The van der Waals surface area contributed by atoms with Gasteiger partial charge < -0.3 is 9.47 Å². The molecule has 136 valence electrons. The number of methoxy groups -OCH3 is 1. The maximum atomic E-state index is 6.54. The van der Waals surface area contributed by atoms with Crippen LogP contribution in [0.3, 0.4) is 0 Å². The van der Waals surface area contributed by atoms with Crippen LogP contribution >= 0.6 is 0 Å². The third kappa shape index (κ3) is 2.84. The number of benzene rings is 4. The Kier molecular flexibility index (Phi) is 4.10. The molecule has 1 atom stereocenters. The molecule has 0 amide bonds. The van der Waals surface area contributed by atoms with Crippen LogP contribution in [0.15, 0.2) is 91.0 Å². The number of hydrogen-bond acceptors (Lipinski definition) is 2. The van der Waals surface area contributed by atoms with Crippen molar-refractivity contribution in [2.75, 3.05) is 7.11 Å². The summed E-state index contributed by atoms with van der Waals surface area (Å²) in [6, 6.07) is 29.2. The fourth-order valence-corrected chi connectivity index (χ4v) is 3.80. The SMILES string of the molecule is COc1ccc(C2C=Cc3c(-c4ccccc4)cc4ccccc4c3O2)cc1. The molecule has 0 N–H and O–H groups in total. The number of hydrogen-bond donors (Lipinski definition) is 0. The van der Waals surface area contributed by atoms with Crippen LogP contribution in [0, 0.1) is 0 Å². The highest BCUT2D eigenvalue weighted by molar-refractivity contribution is 5.98. The van der Waals surface area contributed by atoms with Crippen molar-refractivity contribution in [1.82, 2.24) is 0 Å². The zero-order valence-electron chi connectivity index (χ0n) is 15.6. The fourth-order valence-electron chi connectivity index (χ4n) is 3.80. The smallest absolute Gasteiger partial charge is 0.142 e. The van der Waals surface area contributed by atoms with Gasteiger partial charge in [-0.1, -0.05) is 72.8 Å². The van der Waals surface area contributed by atoms with Gasteiger partial charge in [0.25, 0.3) is 0 Å². The third-order valence-electron chi connectivity index (χ3n) is 5.25. The summed E-state index contributed by atoms with van der Waals surface area (Å²) in [5.74, 6) is 1.79. The van der Waals surface area contributed by atoms with Crippen LogP contribution in [0.5, 0.6) is 11.5 Å². The van der Waals surface area contributed by atoms with Crippen LogP contribution in [0.4, 0.5) is 0 Å². The van der Waals surface area contributed by atoms with E-state index in [-0.39, 0.29) is 6.10 Å². The lowest BCUT2D eigenvalue weighted by molar-refractivity contribution is 0.255. The van der Waals surface area contributed by atoms with Crippen molar-refractivity contribution in [3.63, 3.8) is 0 Å². The molecule has 0 fully saturated rings. The molecule has 2 heteroatoms. The summed E-state index contributed by atoms with van der Waals surface area (Å²) in [7, 11) is 1.68. The van der Waals surface area contributed by atoms with E-state index in [1.165, 1.54) is 16.5 Å². The minimum atomic E-state index is -0.118. The molecule has 0 aromatic heterocycles. The molecule has 1 heterocycles. The molecule has 0 radical (unpaired) electrons. The van der Waals surface area contributed by atoms with Crippen LogP contribution in [0.2, 0.25) is 0 Å². The predicted octanol–water partition coefficient (Wildman–Crippen LogP) is 6.66. The highest BCUT2D eigenvalue weighted by atomic mass is 16.5. The topological polar surface area (TPSA) is 18.5 Å². The summed E-state index contributed by atoms with van der Waals surface area (Å²) in [5, 5.41) is 2.32. The molecule has 5 rings (SSSR count). The van der Waals surface area contributed by atoms with Gasteiger partial charge in [0.2, 0.25) is 0 Å². The standard InChI is InChI=1S/C26H20O2/c1-27-21-13-11-19(12-14-21)25-16-15-23-24(18-7-3-2-4-8-18)17-20-9-5-6-10-22(20)26(23)28-25/h2-17,25H,1H3. The first-order valence-corrected chi connectivity index (χ1v) is 9.43. The Morgan fingerprint density at radius 2 is 1.57 bits per heavy atom. The number of fused-ring (bicyclic) bond motifs is 3. The molecule has 0 saturated carbocycles. The normalized spacial score (nSPS) is 15.1. The predicted molar refractivity (Wildman–Crippen MR) is 115 cm³/mol. The van der Waals surface area contributed by atoms with Crippen molar-refractivity contribution in [2.24, 2.45) is 0 Å². The van der Waals surface area contributed by atoms with Gasteiger partial charge in [0.05, 0.1) is 7.11 Å². The van der Waals surface area contributed by atoms with Gasteiger partial charge in [-0.2, -0.15) is 0 Å². The second-order valence-electron chi connectivity index (χ2n) is 6.92. The Labute approximate surface area is 164 Å². The molecule has 0 spiro atoms. The van der Waals surface area contributed by atoms with Crippen molar-refractivity contribution >= 4 is 16.8 Å². The second kappa shape index (κ2) is 6.90. The van der Waals surface area contributed by atoms with Gasteiger partial charge in [0, 0.05) is 10.9 Å². The van der Waals surface area contributed by atoms with Crippen molar-refractivity contribution in [1.29, 1.82) is 0 Å². The number of rotatable bonds is 3. The van der Waals surface area contributed by atoms with Gasteiger partial charge in [-0.25, -0.2) is 0 Å². The van der Waals surface area contributed by atoms with Crippen LogP contribution in [0.25, 0.3) is 28.0 Å². The molecular weight excluding hydrogens is 344 g/mol. The molecule has 0 saturated heterocycles. The molecule has 0 bridgehead atoms. The Balaban J connectivity index is 1.66. The minimum absolute atomic E-state index is 0.118. The molecular formula is C26H20O2. The maximum Gasteiger partial charge on any atom is 0.142 e. The lowest BCUT2D eigenvalue weighted by Gasteiger charge is -2.25. The minimum Gasteiger partial charge on any atom is -0.497 e. The van der Waals surface area contributed by atoms with E-state index in [0.29, 0.717) is 0 Å². The summed E-state index contributed by atoms with van der Waals surface area (Å²) in [5.41, 5.74) is 4.63. The number of ether oxygens (including phenoxy) is 2. The Morgan fingerprint density at radius 1 is 0.821 bits per heavy atom. The summed E-state index contributed by atoms with van der Waals surface area (Å²) >= 11 is 0. The van der Waals surface area contributed by atoms with Crippen LogP contribution in [0.1, 0.15) is 17.2 Å². The van der Waals surface area contributed by atoms with Gasteiger partial charge in [-0.05, 0) is 46.4 Å². The summed E-state index contributed by atoms with van der Waals surface area (Å²) in [4.78, 5) is 0. The molecule has 0 aliphatic carbocycles. The van der Waals surface area contributed by atoms with Gasteiger partial charge in [-0.15, -0.1) is 0 Å². The average Bonchev–Trinajstić information content (AvgIpc) is 2.79. The molecule has 2 nitrogen and oxygen atoms in total. The average molecular weight is 364 g/mol. The highest BCUT2D eigenvalue weighted by Gasteiger charge is 2.22. The van der Waals surface area contributed by atoms with Gasteiger partial charge in [0.1, 0.15) is 17.6 Å². The highest BCUT2D eigenvalue weighted by Crippen LogP contribution is 2.43. The van der Waals surface area contributed by atoms with E-state index < -0.39 is 0 Å². The van der Waals surface area contributed by atoms with Gasteiger partial charge in [0.15, 0.2) is 0 Å². The van der Waals surface area contributed by atoms with Crippen molar-refractivity contribution < 1.29 is 9.47 Å². The van der Waals surface area contributed by atoms with Gasteiger partial charge in [-0.3, -0.25) is 0 Å². The molecule has 1 unspecified atom stereocenters. The quantitative estimate of drug-likeness (QED) is 0.404. The molecule has 28 heavy (non-hydrogen) atoms. The first kappa shape index (κ1) is 16.6. The Bertz CT molecular complexity index is 1160. The fraction of sp³-hybridized carbons (Fsp3) is 0.0769. The van der Waals surface area contributed by atoms with E-state index in [0.717, 1.165) is 28.0 Å². The van der Waals surface area contributed by atoms with Crippen molar-refractivity contribution in [3.05, 3.63) is 102 Å². The first-order valence-electron chi connectivity index (χ1n) is 9.43. The summed E-state index contributed by atoms with van der Waals surface area (Å²) in [6.45, 7) is 0. The molecule has 4 aromatic carbocycles. The van der Waals surface area contributed by atoms with E-state index in [2.05, 4.69) is 78.9 Å². The third-order valence-corrected chi connectivity index (χ3v) is 5.25. The largest absolute Gasteiger partial charge is 0.497 e. The zero-order chi connectivity index (χ0) is 18.9. The van der Waals surface area contributed by atoms with E-state index in [1.54, 1.807) is 7.11 Å². The summed E-state index contributed by atoms with van der Waals surface area (Å²) < 4.78 is 11.8. The molecule has 4 aromatic rings. The van der Waals surface area contributed by atoms with E-state index in [4.69, 9.17) is 9.47 Å². The van der Waals surface area contributed by atoms with Crippen molar-refractivity contribution in [3.8, 4) is 22.6 Å². The second-order valence-corrected chi connectivity index (χ2v) is 6.92. The van der Waals surface area contributed by atoms with Crippen LogP contribution < -0.4 is 9.47 Å². The maximum absolute atomic E-state index is 6.54. The monoisotopic (exact) mass is 364 g/mol. The lowest BCUT2D eigenvalue weighted by Crippen LogP contribution is -2.10. The lowest BCUT2D eigenvalue weighted by atomic mass is 9.92. The van der Waals surface area contributed by atoms with Crippen molar-refractivity contribution in [2.45, 2.75) is 6.10 Å².